The standard InChI is InChI=1S/C28H34N2O5/c1-17-9-8-14-28(15-17,26(33)29-19(3)18(2)25(31)32)30-27(34)35-16-24-22-12-6-4-10-20(22)21-11-5-7-13-23(21)24/h4-7,10-13,17-19,24H,8-9,14-16H2,1-3H3,(H,29,33)(H,30,34)(H,31,32). The van der Waals surface area contributed by atoms with Crippen LogP contribution in [0, 0.1) is 11.8 Å². The van der Waals surface area contributed by atoms with E-state index < -0.39 is 29.6 Å². The summed E-state index contributed by atoms with van der Waals surface area (Å²) < 4.78 is 5.72. The smallest absolute Gasteiger partial charge is 0.408 e. The number of hydrogen-bond acceptors (Lipinski definition) is 4. The Balaban J connectivity index is 1.47. The van der Waals surface area contributed by atoms with Crippen molar-refractivity contribution in [1.82, 2.24) is 10.6 Å². The van der Waals surface area contributed by atoms with Crippen molar-refractivity contribution in [3.05, 3.63) is 59.7 Å². The largest absolute Gasteiger partial charge is 0.481 e. The fraction of sp³-hybridized carbons (Fsp3) is 0.464. The van der Waals surface area contributed by atoms with Crippen LogP contribution in [0.2, 0.25) is 0 Å². The van der Waals surface area contributed by atoms with Gasteiger partial charge in [-0.1, -0.05) is 68.3 Å². The van der Waals surface area contributed by atoms with Crippen LogP contribution in [-0.2, 0) is 14.3 Å². The number of carbonyl (C=O) groups is 3. The zero-order valence-corrected chi connectivity index (χ0v) is 20.5. The fourth-order valence-corrected chi connectivity index (χ4v) is 5.44. The van der Waals surface area contributed by atoms with Crippen LogP contribution < -0.4 is 10.6 Å². The Morgan fingerprint density at radius 3 is 2.23 bits per heavy atom. The van der Waals surface area contributed by atoms with Gasteiger partial charge in [0.15, 0.2) is 0 Å². The molecule has 4 rings (SSSR count). The van der Waals surface area contributed by atoms with Crippen molar-refractivity contribution < 1.29 is 24.2 Å². The molecule has 7 heteroatoms. The number of ether oxygens (including phenoxy) is 1. The zero-order valence-electron chi connectivity index (χ0n) is 20.5. The van der Waals surface area contributed by atoms with Gasteiger partial charge in [-0.25, -0.2) is 4.79 Å². The minimum Gasteiger partial charge on any atom is -0.481 e. The van der Waals surface area contributed by atoms with Crippen LogP contribution in [0.15, 0.2) is 48.5 Å². The minimum absolute atomic E-state index is 0.0698. The summed E-state index contributed by atoms with van der Waals surface area (Å²) in [6.45, 7) is 5.45. The highest BCUT2D eigenvalue weighted by atomic mass is 16.5. The number of benzene rings is 2. The first kappa shape index (κ1) is 24.8. The van der Waals surface area contributed by atoms with Gasteiger partial charge < -0.3 is 20.5 Å². The van der Waals surface area contributed by atoms with E-state index in [2.05, 4.69) is 41.8 Å². The molecule has 2 aliphatic rings. The quantitative estimate of drug-likeness (QED) is 0.535. The molecule has 2 amide bonds. The van der Waals surface area contributed by atoms with Crippen molar-refractivity contribution in [2.45, 2.75) is 64.0 Å². The lowest BCUT2D eigenvalue weighted by atomic mass is 9.75. The minimum atomic E-state index is -1.12. The molecular formula is C28H34N2O5. The molecule has 4 atom stereocenters. The number of nitrogens with one attached hydrogen (secondary N) is 2. The predicted molar refractivity (Wildman–Crippen MR) is 133 cm³/mol. The molecule has 186 valence electrons. The van der Waals surface area contributed by atoms with Crippen LogP contribution >= 0.6 is 0 Å². The number of alkyl carbamates (subject to hydrolysis) is 1. The van der Waals surface area contributed by atoms with Crippen molar-refractivity contribution in [2.75, 3.05) is 6.61 Å². The van der Waals surface area contributed by atoms with E-state index in [1.807, 2.05) is 24.3 Å². The molecule has 0 radical (unpaired) electrons. The van der Waals surface area contributed by atoms with Gasteiger partial charge in [0.25, 0.3) is 0 Å². The lowest BCUT2D eigenvalue weighted by Gasteiger charge is -2.39. The third kappa shape index (κ3) is 5.04. The molecule has 0 heterocycles. The Labute approximate surface area is 206 Å². The number of fused-ring (bicyclic) bond motifs is 3. The predicted octanol–water partition coefficient (Wildman–Crippen LogP) is 4.70. The molecule has 0 saturated heterocycles. The second kappa shape index (κ2) is 10.1. The molecule has 2 aromatic carbocycles. The highest BCUT2D eigenvalue weighted by Crippen LogP contribution is 2.44. The third-order valence-corrected chi connectivity index (χ3v) is 7.62. The molecule has 3 N–H and O–H groups in total. The lowest BCUT2D eigenvalue weighted by molar-refractivity contribution is -0.142. The van der Waals surface area contributed by atoms with Crippen molar-refractivity contribution in [3.63, 3.8) is 0 Å². The molecule has 0 spiro atoms. The van der Waals surface area contributed by atoms with Gasteiger partial charge in [0.1, 0.15) is 12.1 Å². The van der Waals surface area contributed by atoms with Crippen LogP contribution in [0.4, 0.5) is 4.79 Å². The van der Waals surface area contributed by atoms with Gasteiger partial charge >= 0.3 is 12.1 Å². The highest BCUT2D eigenvalue weighted by Gasteiger charge is 2.44. The highest BCUT2D eigenvalue weighted by molar-refractivity contribution is 5.90. The second-order valence-corrected chi connectivity index (χ2v) is 10.1. The van der Waals surface area contributed by atoms with E-state index in [9.17, 15) is 19.5 Å². The SMILES string of the molecule is CC1CCCC(NC(=O)OCC2c3ccccc3-c3ccccc32)(C(=O)NC(C)C(C)C(=O)O)C1. The van der Waals surface area contributed by atoms with Crippen LogP contribution in [-0.4, -0.2) is 41.3 Å². The Morgan fingerprint density at radius 2 is 1.66 bits per heavy atom. The summed E-state index contributed by atoms with van der Waals surface area (Å²) in [7, 11) is 0. The monoisotopic (exact) mass is 478 g/mol. The van der Waals surface area contributed by atoms with Gasteiger partial charge in [0.05, 0.1) is 5.92 Å². The molecule has 35 heavy (non-hydrogen) atoms. The van der Waals surface area contributed by atoms with E-state index >= 15 is 0 Å². The molecule has 2 aliphatic carbocycles. The first-order valence-corrected chi connectivity index (χ1v) is 12.4. The summed E-state index contributed by atoms with van der Waals surface area (Å²) in [5, 5.41) is 15.0. The molecule has 0 aliphatic heterocycles. The molecule has 0 bridgehead atoms. The van der Waals surface area contributed by atoms with Crippen molar-refractivity contribution in [3.8, 4) is 11.1 Å². The van der Waals surface area contributed by atoms with Crippen LogP contribution in [0.3, 0.4) is 0 Å². The molecule has 1 saturated carbocycles. The fourth-order valence-electron chi connectivity index (χ4n) is 5.44. The summed E-state index contributed by atoms with van der Waals surface area (Å²) >= 11 is 0. The van der Waals surface area contributed by atoms with E-state index in [4.69, 9.17) is 4.74 Å². The van der Waals surface area contributed by atoms with Gasteiger partial charge in [-0.15, -0.1) is 0 Å². The molecule has 0 aromatic heterocycles. The summed E-state index contributed by atoms with van der Waals surface area (Å²) in [6.07, 6.45) is 2.11. The topological polar surface area (TPSA) is 105 Å². The number of hydrogen-bond donors (Lipinski definition) is 3. The second-order valence-electron chi connectivity index (χ2n) is 10.1. The maximum absolute atomic E-state index is 13.4. The van der Waals surface area contributed by atoms with Crippen LogP contribution in [0.25, 0.3) is 11.1 Å². The van der Waals surface area contributed by atoms with E-state index in [0.29, 0.717) is 12.8 Å². The normalized spacial score (nSPS) is 22.9. The van der Waals surface area contributed by atoms with E-state index in [0.717, 1.165) is 35.1 Å². The maximum Gasteiger partial charge on any atom is 0.408 e. The number of carboxylic acids is 1. The van der Waals surface area contributed by atoms with Gasteiger partial charge in [-0.2, -0.15) is 0 Å². The van der Waals surface area contributed by atoms with Crippen LogP contribution in [0.5, 0.6) is 0 Å². The molecular weight excluding hydrogens is 444 g/mol. The summed E-state index contributed by atoms with van der Waals surface area (Å²) in [5.74, 6) is -1.90. The van der Waals surface area contributed by atoms with E-state index in [1.54, 1.807) is 13.8 Å². The average Bonchev–Trinajstić information content (AvgIpc) is 3.15. The van der Waals surface area contributed by atoms with E-state index in [1.165, 1.54) is 0 Å². The van der Waals surface area contributed by atoms with Gasteiger partial charge in [0.2, 0.25) is 5.91 Å². The van der Waals surface area contributed by atoms with Crippen molar-refractivity contribution in [2.24, 2.45) is 11.8 Å². The van der Waals surface area contributed by atoms with Crippen LogP contribution in [0.1, 0.15) is 63.5 Å². The first-order chi connectivity index (χ1) is 16.7. The maximum atomic E-state index is 13.4. The molecule has 1 fully saturated rings. The Hall–Kier alpha value is -3.35. The first-order valence-electron chi connectivity index (χ1n) is 12.4. The van der Waals surface area contributed by atoms with Gasteiger partial charge in [0, 0.05) is 12.0 Å². The summed E-state index contributed by atoms with van der Waals surface area (Å²) in [5.41, 5.74) is 3.42. The van der Waals surface area contributed by atoms with E-state index in [-0.39, 0.29) is 24.3 Å². The average molecular weight is 479 g/mol. The molecule has 7 nitrogen and oxygen atoms in total. The number of aliphatic carboxylic acids is 1. The number of rotatable bonds is 7. The van der Waals surface area contributed by atoms with Gasteiger partial charge in [-0.3, -0.25) is 9.59 Å². The number of amides is 2. The Bertz CT molecular complexity index is 1070. The van der Waals surface area contributed by atoms with Crippen molar-refractivity contribution in [1.29, 1.82) is 0 Å². The third-order valence-electron chi connectivity index (χ3n) is 7.62. The van der Waals surface area contributed by atoms with Crippen molar-refractivity contribution >= 4 is 18.0 Å². The lowest BCUT2D eigenvalue weighted by Crippen LogP contribution is -2.62. The number of carbonyl (C=O) groups excluding carboxylic acids is 2. The van der Waals surface area contributed by atoms with Gasteiger partial charge in [-0.05, 0) is 54.9 Å². The Morgan fingerprint density at radius 1 is 1.06 bits per heavy atom. The molecule has 4 unspecified atom stereocenters. The summed E-state index contributed by atoms with van der Waals surface area (Å²) in [6, 6.07) is 15.7. The Kier molecular flexibility index (Phi) is 7.15. The summed E-state index contributed by atoms with van der Waals surface area (Å²) in [4.78, 5) is 37.7. The zero-order chi connectivity index (χ0) is 25.2. The number of carboxylic acid groups (broad SMARTS) is 1. The molecule has 2 aromatic rings.